The Hall–Kier alpha value is -1.93. The average Bonchev–Trinajstić information content (AvgIpc) is 3.43. The SMILES string of the molecule is CC(c1ccccc1)N1CCN(C(=O)CSc2nnnn2C2CCCC2)CC1. The summed E-state index contributed by atoms with van der Waals surface area (Å²) in [5.41, 5.74) is 1.33. The molecule has 0 spiro atoms. The van der Waals surface area contributed by atoms with Crippen LogP contribution in [-0.4, -0.2) is 67.8 Å². The van der Waals surface area contributed by atoms with E-state index in [1.165, 1.54) is 30.2 Å². The molecule has 2 aromatic rings. The molecule has 0 radical (unpaired) electrons. The Bertz CT molecular complexity index is 768. The molecule has 0 bridgehead atoms. The molecule has 1 aromatic carbocycles. The van der Waals surface area contributed by atoms with Crippen molar-refractivity contribution in [1.29, 1.82) is 0 Å². The summed E-state index contributed by atoms with van der Waals surface area (Å²) < 4.78 is 1.92. The molecule has 7 nitrogen and oxygen atoms in total. The summed E-state index contributed by atoms with van der Waals surface area (Å²) in [6.45, 7) is 5.62. The first-order valence-corrected chi connectivity index (χ1v) is 11.2. The summed E-state index contributed by atoms with van der Waals surface area (Å²) in [5, 5.41) is 12.9. The first-order valence-electron chi connectivity index (χ1n) is 10.2. The standard InChI is InChI=1S/C20H28N6OS/c1-16(17-7-3-2-4-8-17)24-11-13-25(14-12-24)19(27)15-28-20-21-22-23-26(20)18-9-5-6-10-18/h2-4,7-8,16,18H,5-6,9-15H2,1H3. The van der Waals surface area contributed by atoms with E-state index in [2.05, 4.69) is 51.6 Å². The number of carbonyl (C=O) groups excluding carboxylic acids is 1. The van der Waals surface area contributed by atoms with E-state index in [0.29, 0.717) is 17.8 Å². The molecule has 150 valence electrons. The van der Waals surface area contributed by atoms with E-state index in [9.17, 15) is 4.79 Å². The summed E-state index contributed by atoms with van der Waals surface area (Å²) in [6.07, 6.45) is 4.74. The van der Waals surface area contributed by atoms with Crippen LogP contribution in [0.1, 0.15) is 50.3 Å². The largest absolute Gasteiger partial charge is 0.339 e. The number of tetrazole rings is 1. The Kier molecular flexibility index (Phi) is 6.26. The lowest BCUT2D eigenvalue weighted by atomic mass is 10.1. The van der Waals surface area contributed by atoms with Gasteiger partial charge in [-0.1, -0.05) is 54.9 Å². The van der Waals surface area contributed by atoms with E-state index in [1.807, 2.05) is 15.6 Å². The normalized spacial score (nSPS) is 19.8. The lowest BCUT2D eigenvalue weighted by Crippen LogP contribution is -2.49. The maximum atomic E-state index is 12.7. The van der Waals surface area contributed by atoms with Crippen LogP contribution in [0, 0.1) is 0 Å². The van der Waals surface area contributed by atoms with Gasteiger partial charge in [0.2, 0.25) is 11.1 Å². The number of piperazine rings is 1. The van der Waals surface area contributed by atoms with Gasteiger partial charge in [0.05, 0.1) is 11.8 Å². The van der Waals surface area contributed by atoms with Gasteiger partial charge in [-0.15, -0.1) is 5.10 Å². The number of hydrogen-bond donors (Lipinski definition) is 0. The molecule has 4 rings (SSSR count). The van der Waals surface area contributed by atoms with Crippen molar-refractivity contribution in [1.82, 2.24) is 30.0 Å². The maximum absolute atomic E-state index is 12.7. The minimum absolute atomic E-state index is 0.179. The molecule has 1 saturated carbocycles. The van der Waals surface area contributed by atoms with Crippen molar-refractivity contribution in [3.05, 3.63) is 35.9 Å². The molecule has 2 heterocycles. The molecular weight excluding hydrogens is 372 g/mol. The van der Waals surface area contributed by atoms with Gasteiger partial charge in [-0.2, -0.15) is 0 Å². The second-order valence-corrected chi connectivity index (χ2v) is 8.58. The molecule has 1 aliphatic heterocycles. The number of hydrogen-bond acceptors (Lipinski definition) is 6. The molecule has 1 aromatic heterocycles. The Balaban J connectivity index is 1.26. The van der Waals surface area contributed by atoms with E-state index in [1.54, 1.807) is 0 Å². The van der Waals surface area contributed by atoms with Gasteiger partial charge in [0.25, 0.3) is 0 Å². The summed E-state index contributed by atoms with van der Waals surface area (Å²) >= 11 is 1.47. The van der Waals surface area contributed by atoms with Crippen molar-refractivity contribution in [2.24, 2.45) is 0 Å². The van der Waals surface area contributed by atoms with Crippen molar-refractivity contribution >= 4 is 17.7 Å². The smallest absolute Gasteiger partial charge is 0.233 e. The van der Waals surface area contributed by atoms with Crippen LogP contribution in [-0.2, 0) is 4.79 Å². The zero-order chi connectivity index (χ0) is 19.3. The molecule has 28 heavy (non-hydrogen) atoms. The molecular formula is C20H28N6OS. The highest BCUT2D eigenvalue weighted by Crippen LogP contribution is 2.31. The third-order valence-corrected chi connectivity index (χ3v) is 6.87. The fourth-order valence-corrected chi connectivity index (χ4v) is 5.02. The Labute approximate surface area is 170 Å². The maximum Gasteiger partial charge on any atom is 0.233 e. The molecule has 8 heteroatoms. The highest BCUT2D eigenvalue weighted by molar-refractivity contribution is 7.99. The Morgan fingerprint density at radius 1 is 1.14 bits per heavy atom. The van der Waals surface area contributed by atoms with Gasteiger partial charge in [-0.05, 0) is 35.8 Å². The van der Waals surface area contributed by atoms with Crippen LogP contribution in [0.5, 0.6) is 0 Å². The summed E-state index contributed by atoms with van der Waals surface area (Å²) in [6, 6.07) is 11.3. The first-order chi connectivity index (χ1) is 13.7. The zero-order valence-corrected chi connectivity index (χ0v) is 17.2. The predicted octanol–water partition coefficient (Wildman–Crippen LogP) is 2.79. The predicted molar refractivity (Wildman–Crippen MR) is 109 cm³/mol. The van der Waals surface area contributed by atoms with Gasteiger partial charge in [0.15, 0.2) is 0 Å². The lowest BCUT2D eigenvalue weighted by molar-refractivity contribution is -0.130. The number of rotatable bonds is 6. The van der Waals surface area contributed by atoms with Gasteiger partial charge in [-0.25, -0.2) is 4.68 Å². The highest BCUT2D eigenvalue weighted by atomic mass is 32.2. The van der Waals surface area contributed by atoms with Crippen LogP contribution in [0.2, 0.25) is 0 Å². The van der Waals surface area contributed by atoms with Crippen LogP contribution in [0.4, 0.5) is 0 Å². The Morgan fingerprint density at radius 2 is 1.86 bits per heavy atom. The van der Waals surface area contributed by atoms with Crippen molar-refractivity contribution in [3.63, 3.8) is 0 Å². The van der Waals surface area contributed by atoms with E-state index < -0.39 is 0 Å². The summed E-state index contributed by atoms with van der Waals surface area (Å²) in [4.78, 5) is 17.1. The topological polar surface area (TPSA) is 67.2 Å². The van der Waals surface area contributed by atoms with Gasteiger partial charge >= 0.3 is 0 Å². The lowest BCUT2D eigenvalue weighted by Gasteiger charge is -2.38. The van der Waals surface area contributed by atoms with Gasteiger partial charge in [-0.3, -0.25) is 9.69 Å². The van der Waals surface area contributed by atoms with Crippen LogP contribution < -0.4 is 0 Å². The highest BCUT2D eigenvalue weighted by Gasteiger charge is 2.26. The van der Waals surface area contributed by atoms with Crippen LogP contribution >= 0.6 is 11.8 Å². The molecule has 1 aliphatic carbocycles. The van der Waals surface area contributed by atoms with Crippen molar-refractivity contribution in [3.8, 4) is 0 Å². The minimum atomic E-state index is 0.179. The number of benzene rings is 1. The zero-order valence-electron chi connectivity index (χ0n) is 16.4. The van der Waals surface area contributed by atoms with E-state index in [4.69, 9.17) is 0 Å². The van der Waals surface area contributed by atoms with Gasteiger partial charge in [0.1, 0.15) is 0 Å². The van der Waals surface area contributed by atoms with Gasteiger partial charge in [0, 0.05) is 32.2 Å². The second kappa shape index (κ2) is 9.05. The minimum Gasteiger partial charge on any atom is -0.339 e. The van der Waals surface area contributed by atoms with Crippen LogP contribution in [0.3, 0.4) is 0 Å². The fourth-order valence-electron chi connectivity index (χ4n) is 4.18. The number of aromatic nitrogens is 4. The second-order valence-electron chi connectivity index (χ2n) is 7.64. The van der Waals surface area contributed by atoms with E-state index >= 15 is 0 Å². The molecule has 2 aliphatic rings. The fraction of sp³-hybridized carbons (Fsp3) is 0.600. The number of amides is 1. The number of nitrogens with zero attached hydrogens (tertiary/aromatic N) is 6. The number of thioether (sulfide) groups is 1. The third-order valence-electron chi connectivity index (χ3n) is 5.95. The molecule has 1 saturated heterocycles. The van der Waals surface area contributed by atoms with Crippen LogP contribution in [0.15, 0.2) is 35.5 Å². The van der Waals surface area contributed by atoms with Crippen molar-refractivity contribution in [2.75, 3.05) is 31.9 Å². The molecule has 2 fully saturated rings. The Morgan fingerprint density at radius 3 is 2.57 bits per heavy atom. The van der Waals surface area contributed by atoms with Crippen molar-refractivity contribution < 1.29 is 4.79 Å². The molecule has 0 N–H and O–H groups in total. The quantitative estimate of drug-likeness (QED) is 0.695. The summed E-state index contributed by atoms with van der Waals surface area (Å²) in [7, 11) is 0. The number of carbonyl (C=O) groups is 1. The molecule has 1 amide bonds. The van der Waals surface area contributed by atoms with Crippen molar-refractivity contribution in [2.45, 2.75) is 49.8 Å². The molecule has 1 unspecified atom stereocenters. The van der Waals surface area contributed by atoms with Gasteiger partial charge < -0.3 is 4.90 Å². The first kappa shape index (κ1) is 19.4. The summed E-state index contributed by atoms with van der Waals surface area (Å²) in [5.74, 6) is 0.583. The molecule has 1 atom stereocenters. The third kappa shape index (κ3) is 4.38. The monoisotopic (exact) mass is 400 g/mol. The average molecular weight is 401 g/mol. The van der Waals surface area contributed by atoms with Crippen LogP contribution in [0.25, 0.3) is 0 Å². The van der Waals surface area contributed by atoms with E-state index in [-0.39, 0.29) is 5.91 Å². The van der Waals surface area contributed by atoms with E-state index in [0.717, 1.165) is 44.2 Å².